The topological polar surface area (TPSA) is 55.6 Å². The molecule has 4 aliphatic carbocycles. The van der Waals surface area contributed by atoms with Gasteiger partial charge in [-0.1, -0.05) is 47.5 Å². The van der Waals surface area contributed by atoms with Crippen LogP contribution >= 0.6 is 23.2 Å². The molecule has 0 amide bonds. The van der Waals surface area contributed by atoms with Crippen molar-refractivity contribution in [1.29, 1.82) is 0 Å². The normalized spacial score (nSPS) is 27.4. The second-order valence-corrected chi connectivity index (χ2v) is 11.1. The number of hydrogen-bond donors (Lipinski definition) is 1. The van der Waals surface area contributed by atoms with Gasteiger partial charge in [-0.25, -0.2) is 14.6 Å². The smallest absolute Gasteiger partial charge is 0.158 e. The third kappa shape index (κ3) is 3.32. The van der Waals surface area contributed by atoms with Crippen LogP contribution in [0.2, 0.25) is 10.0 Å². The van der Waals surface area contributed by atoms with Gasteiger partial charge in [0.25, 0.3) is 0 Å². The molecule has 0 aliphatic heterocycles. The Labute approximate surface area is 208 Å². The lowest BCUT2D eigenvalue weighted by Gasteiger charge is -2.54. The Kier molecular flexibility index (Phi) is 4.85. The van der Waals surface area contributed by atoms with E-state index in [-0.39, 0.29) is 0 Å². The number of nitrogens with one attached hydrogen (secondary N) is 1. The molecular weight excluding hydrogens is 465 g/mol. The van der Waals surface area contributed by atoms with E-state index in [4.69, 9.17) is 33.3 Å². The zero-order valence-corrected chi connectivity index (χ0v) is 20.2. The monoisotopic (exact) mass is 489 g/mol. The standard InChI is InChI=1S/C27H25Cl2N5/c28-20-7-5-17(6-8-20)26-24-25(33-34(26)22-4-2-1-3-21(22)29)27(31-14-30-24)32-23-18-10-15-9-16(12-18)13-19(23)11-15/h1-8,14-16,18-19,23H,9-13H2,(H,30,31,32). The van der Waals surface area contributed by atoms with Crippen LogP contribution in [0.5, 0.6) is 0 Å². The highest BCUT2D eigenvalue weighted by Crippen LogP contribution is 2.54. The maximum Gasteiger partial charge on any atom is 0.158 e. The average Bonchev–Trinajstić information content (AvgIpc) is 3.22. The highest BCUT2D eigenvalue weighted by Gasteiger charge is 2.48. The summed E-state index contributed by atoms with van der Waals surface area (Å²) in [5.41, 5.74) is 4.26. The first-order valence-electron chi connectivity index (χ1n) is 12.1. The van der Waals surface area contributed by atoms with Gasteiger partial charge in [0, 0.05) is 16.6 Å². The van der Waals surface area contributed by atoms with E-state index in [0.29, 0.717) is 16.1 Å². The van der Waals surface area contributed by atoms with Crippen LogP contribution in [0.3, 0.4) is 0 Å². The summed E-state index contributed by atoms with van der Waals surface area (Å²) in [4.78, 5) is 9.38. The molecule has 5 nitrogen and oxygen atoms in total. The lowest BCUT2D eigenvalue weighted by molar-refractivity contribution is 0.00745. The van der Waals surface area contributed by atoms with Crippen molar-refractivity contribution in [3.63, 3.8) is 0 Å². The Bertz CT molecular complexity index is 1350. The zero-order chi connectivity index (χ0) is 22.8. The molecule has 172 valence electrons. The lowest BCUT2D eigenvalue weighted by atomic mass is 9.54. The van der Waals surface area contributed by atoms with E-state index in [0.717, 1.165) is 57.5 Å². The van der Waals surface area contributed by atoms with E-state index < -0.39 is 0 Å². The van der Waals surface area contributed by atoms with Gasteiger partial charge < -0.3 is 5.32 Å². The van der Waals surface area contributed by atoms with Crippen LogP contribution in [0.1, 0.15) is 32.1 Å². The summed E-state index contributed by atoms with van der Waals surface area (Å²) in [5.74, 6) is 4.16. The van der Waals surface area contributed by atoms with Crippen LogP contribution in [0.25, 0.3) is 28.0 Å². The molecule has 0 saturated heterocycles. The number of hydrogen-bond acceptors (Lipinski definition) is 4. The van der Waals surface area contributed by atoms with E-state index >= 15 is 0 Å². The van der Waals surface area contributed by atoms with E-state index in [9.17, 15) is 0 Å². The average molecular weight is 490 g/mol. The van der Waals surface area contributed by atoms with Crippen molar-refractivity contribution in [3.8, 4) is 16.9 Å². The van der Waals surface area contributed by atoms with E-state index in [1.165, 1.54) is 32.1 Å². The zero-order valence-electron chi connectivity index (χ0n) is 18.7. The molecule has 0 radical (unpaired) electrons. The Hall–Kier alpha value is -2.63. The Morgan fingerprint density at radius 2 is 1.50 bits per heavy atom. The molecule has 0 spiro atoms. The van der Waals surface area contributed by atoms with Crippen LogP contribution in [0, 0.1) is 23.7 Å². The van der Waals surface area contributed by atoms with Crippen LogP contribution in [0.4, 0.5) is 5.82 Å². The van der Waals surface area contributed by atoms with Crippen molar-refractivity contribution < 1.29 is 0 Å². The SMILES string of the molecule is Clc1ccc(-c2c3ncnc(NC4C5CC6CC(C5)CC4C6)c3nn2-c2ccccc2Cl)cc1. The summed E-state index contributed by atoms with van der Waals surface area (Å²) in [5, 5.41) is 10.2. The molecule has 2 heterocycles. The molecular formula is C27H25Cl2N5. The van der Waals surface area contributed by atoms with E-state index in [1.807, 2.05) is 53.2 Å². The molecule has 4 saturated carbocycles. The minimum atomic E-state index is 0.468. The molecule has 4 fully saturated rings. The van der Waals surface area contributed by atoms with Gasteiger partial charge in [-0.3, -0.25) is 0 Å². The van der Waals surface area contributed by atoms with Gasteiger partial charge in [-0.2, -0.15) is 5.10 Å². The number of nitrogens with zero attached hydrogens (tertiary/aromatic N) is 4. The van der Waals surface area contributed by atoms with Crippen molar-refractivity contribution in [2.75, 3.05) is 5.32 Å². The molecule has 4 aliphatic rings. The van der Waals surface area contributed by atoms with Crippen molar-refractivity contribution in [1.82, 2.24) is 19.7 Å². The molecule has 0 unspecified atom stereocenters. The molecule has 7 heteroatoms. The van der Waals surface area contributed by atoms with E-state index in [2.05, 4.69) is 10.3 Å². The molecule has 34 heavy (non-hydrogen) atoms. The van der Waals surface area contributed by atoms with Crippen molar-refractivity contribution in [3.05, 3.63) is 64.9 Å². The Morgan fingerprint density at radius 1 is 0.794 bits per heavy atom. The lowest BCUT2D eigenvalue weighted by Crippen LogP contribution is -2.51. The number of aromatic nitrogens is 4. The van der Waals surface area contributed by atoms with Crippen LogP contribution in [-0.4, -0.2) is 25.8 Å². The van der Waals surface area contributed by atoms with Crippen molar-refractivity contribution in [2.24, 2.45) is 23.7 Å². The number of benzene rings is 2. The Morgan fingerprint density at radius 3 is 2.21 bits per heavy atom. The Balaban J connectivity index is 1.37. The summed E-state index contributed by atoms with van der Waals surface area (Å²) >= 11 is 12.8. The highest BCUT2D eigenvalue weighted by atomic mass is 35.5. The largest absolute Gasteiger partial charge is 0.365 e. The molecule has 8 rings (SSSR count). The minimum absolute atomic E-state index is 0.468. The first-order valence-corrected chi connectivity index (χ1v) is 12.9. The maximum atomic E-state index is 6.62. The third-order valence-electron chi connectivity index (χ3n) is 8.19. The predicted molar refractivity (Wildman–Crippen MR) is 137 cm³/mol. The van der Waals surface area contributed by atoms with Gasteiger partial charge in [0.1, 0.15) is 17.5 Å². The van der Waals surface area contributed by atoms with Gasteiger partial charge in [-0.15, -0.1) is 0 Å². The number of fused-ring (bicyclic) bond motifs is 1. The summed E-state index contributed by atoms with van der Waals surface area (Å²) in [7, 11) is 0. The molecule has 1 N–H and O–H groups in total. The van der Waals surface area contributed by atoms with Gasteiger partial charge >= 0.3 is 0 Å². The number of halogens is 2. The second-order valence-electron chi connectivity index (χ2n) is 10.2. The van der Waals surface area contributed by atoms with Crippen molar-refractivity contribution >= 4 is 40.1 Å². The van der Waals surface area contributed by atoms with Crippen molar-refractivity contribution in [2.45, 2.75) is 38.1 Å². The summed E-state index contributed by atoms with van der Waals surface area (Å²) < 4.78 is 1.90. The number of para-hydroxylation sites is 1. The highest BCUT2D eigenvalue weighted by molar-refractivity contribution is 6.32. The summed E-state index contributed by atoms with van der Waals surface area (Å²) in [6.07, 6.45) is 8.50. The van der Waals surface area contributed by atoms with Crippen LogP contribution < -0.4 is 5.32 Å². The first-order chi connectivity index (χ1) is 16.6. The summed E-state index contributed by atoms with van der Waals surface area (Å²) in [6.45, 7) is 0. The van der Waals surface area contributed by atoms with Crippen LogP contribution in [0.15, 0.2) is 54.9 Å². The summed E-state index contributed by atoms with van der Waals surface area (Å²) in [6, 6.07) is 16.0. The van der Waals surface area contributed by atoms with Gasteiger partial charge in [-0.05, 0) is 80.0 Å². The van der Waals surface area contributed by atoms with E-state index in [1.54, 1.807) is 6.33 Å². The maximum absolute atomic E-state index is 6.62. The molecule has 4 bridgehead atoms. The van der Waals surface area contributed by atoms with Crippen LogP contribution in [-0.2, 0) is 0 Å². The third-order valence-corrected chi connectivity index (χ3v) is 8.76. The van der Waals surface area contributed by atoms with Gasteiger partial charge in [0.05, 0.1) is 10.7 Å². The molecule has 2 aromatic carbocycles. The van der Waals surface area contributed by atoms with Gasteiger partial charge in [0.2, 0.25) is 0 Å². The second kappa shape index (κ2) is 7.96. The number of anilines is 1. The molecule has 2 aromatic heterocycles. The fourth-order valence-electron chi connectivity index (χ4n) is 6.99. The van der Waals surface area contributed by atoms with Gasteiger partial charge in [0.15, 0.2) is 11.3 Å². The molecule has 0 atom stereocenters. The predicted octanol–water partition coefficient (Wildman–Crippen LogP) is 7.03. The minimum Gasteiger partial charge on any atom is -0.365 e. The number of rotatable bonds is 4. The molecule has 4 aromatic rings. The first kappa shape index (κ1) is 20.7. The fourth-order valence-corrected chi connectivity index (χ4v) is 7.33. The quantitative estimate of drug-likeness (QED) is 0.334. The fraction of sp³-hybridized carbons (Fsp3) is 0.370.